The van der Waals surface area contributed by atoms with Crippen LogP contribution >= 0.6 is 0 Å². The molecular weight excluding hydrogens is 250 g/mol. The smallest absolute Gasteiger partial charge is 0.0827 e. The van der Waals surface area contributed by atoms with Crippen LogP contribution in [-0.2, 0) is 4.74 Å². The summed E-state index contributed by atoms with van der Waals surface area (Å²) in [5.74, 6) is 0. The van der Waals surface area contributed by atoms with Crippen molar-refractivity contribution in [2.45, 2.75) is 68.8 Å². The minimum absolute atomic E-state index is 0.418. The Bertz CT molecular complexity index is 337. The molecule has 4 heteroatoms. The maximum Gasteiger partial charge on any atom is 0.0827 e. The van der Waals surface area contributed by atoms with Crippen molar-refractivity contribution >= 4 is 0 Å². The molecule has 0 amide bonds. The number of hydrogen-bond donors (Lipinski definition) is 1. The second kappa shape index (κ2) is 5.56. The lowest BCUT2D eigenvalue weighted by Crippen LogP contribution is -2.53. The first-order valence-electron chi connectivity index (χ1n) is 8.60. The van der Waals surface area contributed by atoms with Crippen LogP contribution in [0.2, 0.25) is 0 Å². The van der Waals surface area contributed by atoms with Crippen molar-refractivity contribution in [1.82, 2.24) is 15.1 Å². The molecule has 4 heterocycles. The lowest BCUT2D eigenvalue weighted by atomic mass is 9.98. The Morgan fingerprint density at radius 1 is 1.10 bits per heavy atom. The second-order valence-electron chi connectivity index (χ2n) is 7.37. The molecule has 1 N–H and O–H groups in total. The highest BCUT2D eigenvalue weighted by Gasteiger charge is 2.38. The third kappa shape index (κ3) is 2.52. The molecule has 4 aliphatic rings. The fourth-order valence-electron chi connectivity index (χ4n) is 4.89. The van der Waals surface area contributed by atoms with Gasteiger partial charge in [0.05, 0.1) is 12.7 Å². The molecule has 0 aromatic carbocycles. The van der Waals surface area contributed by atoms with E-state index in [0.29, 0.717) is 6.10 Å². The van der Waals surface area contributed by atoms with E-state index >= 15 is 0 Å². The number of morpholine rings is 1. The van der Waals surface area contributed by atoms with Gasteiger partial charge < -0.3 is 15.0 Å². The number of hydrogen-bond acceptors (Lipinski definition) is 4. The molecule has 4 aliphatic heterocycles. The average molecular weight is 279 g/mol. The quantitative estimate of drug-likeness (QED) is 0.836. The molecule has 114 valence electrons. The van der Waals surface area contributed by atoms with E-state index in [4.69, 9.17) is 4.74 Å². The fourth-order valence-corrected chi connectivity index (χ4v) is 4.89. The molecule has 4 nitrogen and oxygen atoms in total. The predicted octanol–water partition coefficient (Wildman–Crippen LogP) is 1.06. The molecule has 0 aromatic rings. The van der Waals surface area contributed by atoms with Crippen molar-refractivity contribution in [1.29, 1.82) is 0 Å². The van der Waals surface area contributed by atoms with Crippen LogP contribution in [0.1, 0.15) is 38.5 Å². The van der Waals surface area contributed by atoms with E-state index in [2.05, 4.69) is 22.2 Å². The van der Waals surface area contributed by atoms with Crippen molar-refractivity contribution in [3.63, 3.8) is 0 Å². The van der Waals surface area contributed by atoms with Crippen LogP contribution in [0.4, 0.5) is 0 Å². The van der Waals surface area contributed by atoms with Crippen LogP contribution in [0.15, 0.2) is 0 Å². The zero-order valence-corrected chi connectivity index (χ0v) is 12.8. The third-order valence-corrected chi connectivity index (χ3v) is 6.19. The van der Waals surface area contributed by atoms with Gasteiger partial charge in [0.1, 0.15) is 0 Å². The van der Waals surface area contributed by atoms with Gasteiger partial charge in [0.25, 0.3) is 0 Å². The van der Waals surface area contributed by atoms with E-state index in [1.165, 1.54) is 45.1 Å². The van der Waals surface area contributed by atoms with Crippen molar-refractivity contribution in [3.05, 3.63) is 0 Å². The molecule has 2 bridgehead atoms. The van der Waals surface area contributed by atoms with Gasteiger partial charge in [-0.2, -0.15) is 0 Å². The van der Waals surface area contributed by atoms with Crippen molar-refractivity contribution in [2.75, 3.05) is 33.3 Å². The maximum absolute atomic E-state index is 6.06. The van der Waals surface area contributed by atoms with Gasteiger partial charge in [0, 0.05) is 37.3 Å². The zero-order chi connectivity index (χ0) is 13.5. The van der Waals surface area contributed by atoms with Crippen molar-refractivity contribution < 1.29 is 4.74 Å². The Balaban J connectivity index is 1.25. The summed E-state index contributed by atoms with van der Waals surface area (Å²) in [5.41, 5.74) is 0. The Morgan fingerprint density at radius 2 is 1.90 bits per heavy atom. The number of nitrogens with zero attached hydrogens (tertiary/aromatic N) is 2. The highest BCUT2D eigenvalue weighted by molar-refractivity contribution is 4.96. The summed E-state index contributed by atoms with van der Waals surface area (Å²) in [6, 6.07) is 3.12. The van der Waals surface area contributed by atoms with Crippen LogP contribution in [0.25, 0.3) is 0 Å². The summed E-state index contributed by atoms with van der Waals surface area (Å²) in [5, 5.41) is 3.81. The lowest BCUT2D eigenvalue weighted by molar-refractivity contribution is -0.0488. The van der Waals surface area contributed by atoms with Crippen LogP contribution in [0.5, 0.6) is 0 Å². The van der Waals surface area contributed by atoms with E-state index in [-0.39, 0.29) is 0 Å². The SMILES string of the molecule is CN1C2CCC1CC(NCC1CN3CCCC3CO1)C2. The Labute approximate surface area is 122 Å². The van der Waals surface area contributed by atoms with Crippen LogP contribution in [-0.4, -0.2) is 73.4 Å². The van der Waals surface area contributed by atoms with Gasteiger partial charge in [-0.25, -0.2) is 0 Å². The third-order valence-electron chi connectivity index (χ3n) is 6.19. The minimum Gasteiger partial charge on any atom is -0.374 e. The second-order valence-corrected chi connectivity index (χ2v) is 7.37. The van der Waals surface area contributed by atoms with Gasteiger partial charge in [-0.15, -0.1) is 0 Å². The summed E-state index contributed by atoms with van der Waals surface area (Å²) >= 11 is 0. The predicted molar refractivity (Wildman–Crippen MR) is 79.9 cm³/mol. The largest absolute Gasteiger partial charge is 0.374 e. The molecule has 0 saturated carbocycles. The molecule has 4 fully saturated rings. The monoisotopic (exact) mass is 279 g/mol. The molecule has 20 heavy (non-hydrogen) atoms. The van der Waals surface area contributed by atoms with Crippen molar-refractivity contribution in [3.8, 4) is 0 Å². The van der Waals surface area contributed by atoms with Crippen LogP contribution in [0, 0.1) is 0 Å². The first-order chi connectivity index (χ1) is 9.79. The zero-order valence-electron chi connectivity index (χ0n) is 12.8. The normalized spacial score (nSPS) is 45.8. The number of nitrogens with one attached hydrogen (secondary N) is 1. The summed E-state index contributed by atoms with van der Waals surface area (Å²) in [6.07, 6.45) is 8.63. The molecule has 0 spiro atoms. The molecular formula is C16H29N3O. The minimum atomic E-state index is 0.418. The Hall–Kier alpha value is -0.160. The summed E-state index contributed by atoms with van der Waals surface area (Å²) < 4.78 is 6.06. The Morgan fingerprint density at radius 3 is 2.70 bits per heavy atom. The van der Waals surface area contributed by atoms with Gasteiger partial charge >= 0.3 is 0 Å². The number of piperidine rings is 1. The summed E-state index contributed by atoms with van der Waals surface area (Å²) in [4.78, 5) is 5.26. The van der Waals surface area contributed by atoms with Gasteiger partial charge in [-0.3, -0.25) is 4.90 Å². The van der Waals surface area contributed by atoms with E-state index < -0.39 is 0 Å². The molecule has 4 unspecified atom stereocenters. The molecule has 4 atom stereocenters. The van der Waals surface area contributed by atoms with E-state index in [0.717, 1.165) is 43.9 Å². The molecule has 0 aromatic heterocycles. The van der Waals surface area contributed by atoms with Gasteiger partial charge in [-0.05, 0) is 52.1 Å². The Kier molecular flexibility index (Phi) is 3.75. The number of ether oxygens (including phenoxy) is 1. The lowest BCUT2D eigenvalue weighted by Gasteiger charge is -2.39. The molecule has 4 rings (SSSR count). The highest BCUT2D eigenvalue weighted by atomic mass is 16.5. The van der Waals surface area contributed by atoms with Crippen molar-refractivity contribution in [2.24, 2.45) is 0 Å². The molecule has 4 saturated heterocycles. The van der Waals surface area contributed by atoms with E-state index in [1.807, 2.05) is 0 Å². The first kappa shape index (κ1) is 13.5. The average Bonchev–Trinajstić information content (AvgIpc) is 2.98. The number of fused-ring (bicyclic) bond motifs is 3. The highest BCUT2D eigenvalue weighted by Crippen LogP contribution is 2.34. The maximum atomic E-state index is 6.06. The summed E-state index contributed by atoms with van der Waals surface area (Å²) in [7, 11) is 2.32. The van der Waals surface area contributed by atoms with Gasteiger partial charge in [-0.1, -0.05) is 0 Å². The van der Waals surface area contributed by atoms with Crippen LogP contribution in [0.3, 0.4) is 0 Å². The van der Waals surface area contributed by atoms with E-state index in [1.54, 1.807) is 0 Å². The topological polar surface area (TPSA) is 27.7 Å². The standard InChI is InChI=1S/C16H29N3O/c1-18-13-4-5-14(18)8-12(7-13)17-9-16-10-19-6-2-3-15(19)11-20-16/h12-17H,2-11H2,1H3. The summed E-state index contributed by atoms with van der Waals surface area (Å²) in [6.45, 7) is 4.46. The van der Waals surface area contributed by atoms with Crippen LogP contribution < -0.4 is 5.32 Å². The van der Waals surface area contributed by atoms with Gasteiger partial charge in [0.15, 0.2) is 0 Å². The number of rotatable bonds is 3. The molecule has 0 radical (unpaired) electrons. The fraction of sp³-hybridized carbons (Fsp3) is 1.00. The first-order valence-corrected chi connectivity index (χ1v) is 8.60. The van der Waals surface area contributed by atoms with Gasteiger partial charge in [0.2, 0.25) is 0 Å². The van der Waals surface area contributed by atoms with E-state index in [9.17, 15) is 0 Å². The molecule has 0 aliphatic carbocycles.